The summed E-state index contributed by atoms with van der Waals surface area (Å²) in [5.74, 6) is 0.669. The Balaban J connectivity index is 1.87. The summed E-state index contributed by atoms with van der Waals surface area (Å²) in [7, 11) is 0. The molecule has 0 aromatic heterocycles. The Morgan fingerprint density at radius 2 is 2.17 bits per heavy atom. The van der Waals surface area contributed by atoms with Gasteiger partial charge in [-0.25, -0.2) is 0 Å². The van der Waals surface area contributed by atoms with E-state index in [0.29, 0.717) is 19.6 Å². The zero-order valence-corrected chi connectivity index (χ0v) is 15.4. The fraction of sp³-hybridized carbons (Fsp3) is 0.632. The van der Waals surface area contributed by atoms with E-state index in [-0.39, 0.29) is 23.5 Å². The quantitative estimate of drug-likeness (QED) is 0.803. The highest BCUT2D eigenvalue weighted by atomic mass is 16.5. The Kier molecular flexibility index (Phi) is 5.56. The normalized spacial score (nSPS) is 26.3. The molecule has 1 aliphatic rings. The Morgan fingerprint density at radius 1 is 1.46 bits per heavy atom. The third kappa shape index (κ3) is 3.57. The smallest absolute Gasteiger partial charge is 0.240 e. The van der Waals surface area contributed by atoms with E-state index < -0.39 is 5.54 Å². The van der Waals surface area contributed by atoms with Crippen molar-refractivity contribution in [3.05, 3.63) is 29.8 Å². The van der Waals surface area contributed by atoms with Gasteiger partial charge >= 0.3 is 0 Å². The van der Waals surface area contributed by atoms with Crippen LogP contribution < -0.4 is 15.8 Å². The summed E-state index contributed by atoms with van der Waals surface area (Å²) >= 11 is 0. The molecule has 24 heavy (non-hydrogen) atoms. The van der Waals surface area contributed by atoms with Crippen LogP contribution in [0, 0.1) is 12.3 Å². The number of hydrogen-bond acceptors (Lipinski definition) is 4. The van der Waals surface area contributed by atoms with Crippen molar-refractivity contribution in [1.82, 2.24) is 5.32 Å². The molecule has 1 saturated carbocycles. The van der Waals surface area contributed by atoms with Crippen molar-refractivity contribution in [2.75, 3.05) is 13.2 Å². The van der Waals surface area contributed by atoms with E-state index in [4.69, 9.17) is 15.2 Å². The SMILES string of the molecule is CCOC1CC(N)(C(=O)NCC(C)Oc2cccc(C)c2)C1(C)C. The summed E-state index contributed by atoms with van der Waals surface area (Å²) in [6.07, 6.45) is 0.441. The number of aryl methyl sites for hydroxylation is 1. The summed E-state index contributed by atoms with van der Waals surface area (Å²) in [5, 5.41) is 2.93. The van der Waals surface area contributed by atoms with Crippen LogP contribution in [0.15, 0.2) is 24.3 Å². The topological polar surface area (TPSA) is 73.6 Å². The van der Waals surface area contributed by atoms with Crippen LogP contribution in [-0.2, 0) is 9.53 Å². The molecule has 1 fully saturated rings. The Labute approximate surface area is 144 Å². The number of carbonyl (C=O) groups excluding carboxylic acids is 1. The molecule has 5 heteroatoms. The standard InChI is InChI=1S/C19H30N2O3/c1-6-23-16-11-19(20,18(16,4)5)17(22)21-12-14(3)24-15-9-7-8-13(2)10-15/h7-10,14,16H,6,11-12,20H2,1-5H3,(H,21,22). The number of ether oxygens (including phenoxy) is 2. The van der Waals surface area contributed by atoms with E-state index in [1.165, 1.54) is 0 Å². The van der Waals surface area contributed by atoms with Gasteiger partial charge in [-0.15, -0.1) is 0 Å². The highest BCUT2D eigenvalue weighted by Crippen LogP contribution is 2.49. The van der Waals surface area contributed by atoms with E-state index in [2.05, 4.69) is 5.32 Å². The van der Waals surface area contributed by atoms with Gasteiger partial charge in [0, 0.05) is 18.4 Å². The second kappa shape index (κ2) is 7.11. The molecule has 2 rings (SSSR count). The van der Waals surface area contributed by atoms with E-state index >= 15 is 0 Å². The minimum Gasteiger partial charge on any atom is -0.489 e. The predicted molar refractivity (Wildman–Crippen MR) is 95.0 cm³/mol. The molecule has 1 aromatic rings. The molecule has 3 N–H and O–H groups in total. The first-order chi connectivity index (χ1) is 11.2. The fourth-order valence-corrected chi connectivity index (χ4v) is 3.18. The molecule has 0 radical (unpaired) electrons. The molecular formula is C19H30N2O3. The van der Waals surface area contributed by atoms with Crippen LogP contribution >= 0.6 is 0 Å². The molecular weight excluding hydrogens is 304 g/mol. The van der Waals surface area contributed by atoms with Crippen molar-refractivity contribution < 1.29 is 14.3 Å². The maximum absolute atomic E-state index is 12.6. The maximum Gasteiger partial charge on any atom is 0.240 e. The Hall–Kier alpha value is -1.59. The number of hydrogen-bond donors (Lipinski definition) is 2. The van der Waals surface area contributed by atoms with Crippen LogP contribution in [0.4, 0.5) is 0 Å². The van der Waals surface area contributed by atoms with Crippen LogP contribution in [0.2, 0.25) is 0 Å². The molecule has 0 aliphatic heterocycles. The number of benzene rings is 1. The Bertz CT molecular complexity index is 588. The van der Waals surface area contributed by atoms with Gasteiger partial charge in [-0.05, 0) is 38.5 Å². The molecule has 1 amide bonds. The molecule has 0 saturated heterocycles. The average molecular weight is 334 g/mol. The van der Waals surface area contributed by atoms with Gasteiger partial charge in [-0.1, -0.05) is 26.0 Å². The van der Waals surface area contributed by atoms with Gasteiger partial charge < -0.3 is 20.5 Å². The van der Waals surface area contributed by atoms with E-state index in [9.17, 15) is 4.79 Å². The van der Waals surface area contributed by atoms with E-state index in [0.717, 1.165) is 11.3 Å². The van der Waals surface area contributed by atoms with E-state index in [1.807, 2.05) is 58.9 Å². The van der Waals surface area contributed by atoms with Crippen LogP contribution in [0.5, 0.6) is 5.75 Å². The lowest BCUT2D eigenvalue weighted by atomic mass is 9.54. The lowest BCUT2D eigenvalue weighted by molar-refractivity contribution is -0.170. The number of rotatable bonds is 7. The molecule has 5 nitrogen and oxygen atoms in total. The highest BCUT2D eigenvalue weighted by molar-refractivity contribution is 5.88. The van der Waals surface area contributed by atoms with Gasteiger partial charge in [0.25, 0.3) is 0 Å². The number of nitrogens with two attached hydrogens (primary N) is 1. The molecule has 1 aliphatic carbocycles. The van der Waals surface area contributed by atoms with Gasteiger partial charge in [0.1, 0.15) is 17.4 Å². The minimum atomic E-state index is -0.893. The van der Waals surface area contributed by atoms with Crippen LogP contribution in [0.1, 0.15) is 39.7 Å². The monoisotopic (exact) mass is 334 g/mol. The van der Waals surface area contributed by atoms with Gasteiger partial charge in [0.2, 0.25) is 5.91 Å². The summed E-state index contributed by atoms with van der Waals surface area (Å²) in [6.45, 7) is 10.9. The summed E-state index contributed by atoms with van der Waals surface area (Å²) < 4.78 is 11.5. The van der Waals surface area contributed by atoms with Crippen LogP contribution in [-0.4, -0.2) is 36.8 Å². The average Bonchev–Trinajstić information content (AvgIpc) is 2.52. The first kappa shape index (κ1) is 18.7. The first-order valence-electron chi connectivity index (χ1n) is 8.63. The van der Waals surface area contributed by atoms with Gasteiger partial charge in [-0.3, -0.25) is 4.79 Å². The molecule has 1 aromatic carbocycles. The zero-order chi connectivity index (χ0) is 18.0. The van der Waals surface area contributed by atoms with Gasteiger partial charge in [-0.2, -0.15) is 0 Å². The third-order valence-corrected chi connectivity index (χ3v) is 5.11. The number of carbonyl (C=O) groups is 1. The van der Waals surface area contributed by atoms with Crippen molar-refractivity contribution in [3.63, 3.8) is 0 Å². The zero-order valence-electron chi connectivity index (χ0n) is 15.4. The van der Waals surface area contributed by atoms with Crippen LogP contribution in [0.3, 0.4) is 0 Å². The second-order valence-corrected chi connectivity index (χ2v) is 7.30. The van der Waals surface area contributed by atoms with Gasteiger partial charge in [0.05, 0.1) is 12.6 Å². The van der Waals surface area contributed by atoms with E-state index in [1.54, 1.807) is 0 Å². The molecule has 134 valence electrons. The van der Waals surface area contributed by atoms with Crippen molar-refractivity contribution in [3.8, 4) is 5.75 Å². The number of nitrogens with one attached hydrogen (secondary N) is 1. The molecule has 0 heterocycles. The second-order valence-electron chi connectivity index (χ2n) is 7.30. The first-order valence-corrected chi connectivity index (χ1v) is 8.63. The fourth-order valence-electron chi connectivity index (χ4n) is 3.18. The predicted octanol–water partition coefficient (Wildman–Crippen LogP) is 2.41. The summed E-state index contributed by atoms with van der Waals surface area (Å²) in [6, 6.07) is 7.86. The Morgan fingerprint density at radius 3 is 2.75 bits per heavy atom. The van der Waals surface area contributed by atoms with Crippen molar-refractivity contribution in [2.24, 2.45) is 11.1 Å². The van der Waals surface area contributed by atoms with Gasteiger partial charge in [0.15, 0.2) is 0 Å². The molecule has 3 atom stereocenters. The maximum atomic E-state index is 12.6. The van der Waals surface area contributed by atoms with Crippen molar-refractivity contribution >= 4 is 5.91 Å². The molecule has 3 unspecified atom stereocenters. The summed E-state index contributed by atoms with van der Waals surface area (Å²) in [5.41, 5.74) is 6.24. The lowest BCUT2D eigenvalue weighted by Gasteiger charge is -2.57. The van der Waals surface area contributed by atoms with Crippen LogP contribution in [0.25, 0.3) is 0 Å². The lowest BCUT2D eigenvalue weighted by Crippen LogP contribution is -2.76. The largest absolute Gasteiger partial charge is 0.489 e. The van der Waals surface area contributed by atoms with Crippen molar-refractivity contribution in [1.29, 1.82) is 0 Å². The molecule has 0 spiro atoms. The van der Waals surface area contributed by atoms with Crippen molar-refractivity contribution in [2.45, 2.75) is 58.8 Å². The number of amides is 1. The third-order valence-electron chi connectivity index (χ3n) is 5.11. The minimum absolute atomic E-state index is 0.0271. The highest BCUT2D eigenvalue weighted by Gasteiger charge is 2.62. The summed E-state index contributed by atoms with van der Waals surface area (Å²) in [4.78, 5) is 12.6. The molecule has 0 bridgehead atoms.